The lowest BCUT2D eigenvalue weighted by Crippen LogP contribution is -2.26. The summed E-state index contributed by atoms with van der Waals surface area (Å²) in [5.41, 5.74) is 3.27. The molecule has 3 aromatic rings. The van der Waals surface area contributed by atoms with Crippen LogP contribution in [0, 0.1) is 0 Å². The molecule has 3 aromatic carbocycles. The Labute approximate surface area is 158 Å². The van der Waals surface area contributed by atoms with Crippen LogP contribution >= 0.6 is 19.4 Å². The van der Waals surface area contributed by atoms with E-state index in [0.29, 0.717) is 5.75 Å². The smallest absolute Gasteiger partial charge is 0.324 e. The van der Waals surface area contributed by atoms with Gasteiger partial charge in [0.15, 0.2) is 0 Å². The molecule has 0 saturated heterocycles. The monoisotopic (exact) mass is 384 g/mol. The van der Waals surface area contributed by atoms with E-state index in [-0.39, 0.29) is 6.16 Å². The van der Waals surface area contributed by atoms with E-state index in [1.54, 1.807) is 11.8 Å². The molecule has 5 heteroatoms. The standard InChI is InChI=1S/C21H21O3PS/c22-25(23,24)16-17-26-21(18-10-4-1-5-11-18,19-12-6-2-7-13-19)20-14-8-3-9-15-20/h1-15H,16-17H2,(H2,22,23,24). The number of rotatable bonds is 7. The minimum absolute atomic E-state index is 0.147. The first-order valence-corrected chi connectivity index (χ1v) is 11.2. The summed E-state index contributed by atoms with van der Waals surface area (Å²) < 4.78 is 10.9. The summed E-state index contributed by atoms with van der Waals surface area (Å²) >= 11 is 1.56. The first-order chi connectivity index (χ1) is 12.5. The SMILES string of the molecule is O=P(O)(O)CCSC(c1ccccc1)(c1ccccc1)c1ccccc1. The Hall–Kier alpha value is -1.84. The molecule has 0 bridgehead atoms. The fourth-order valence-electron chi connectivity index (χ4n) is 3.09. The minimum atomic E-state index is -4.05. The van der Waals surface area contributed by atoms with Crippen molar-refractivity contribution in [3.8, 4) is 0 Å². The number of thioether (sulfide) groups is 1. The molecular formula is C21H21O3PS. The van der Waals surface area contributed by atoms with Crippen molar-refractivity contribution in [1.82, 2.24) is 0 Å². The van der Waals surface area contributed by atoms with E-state index in [4.69, 9.17) is 0 Å². The molecule has 0 unspecified atom stereocenters. The van der Waals surface area contributed by atoms with Gasteiger partial charge in [-0.2, -0.15) is 0 Å². The molecule has 0 atom stereocenters. The molecule has 0 aromatic heterocycles. The highest BCUT2D eigenvalue weighted by Crippen LogP contribution is 2.49. The highest BCUT2D eigenvalue weighted by Gasteiger charge is 2.37. The zero-order valence-corrected chi connectivity index (χ0v) is 15.9. The van der Waals surface area contributed by atoms with Gasteiger partial charge in [0.25, 0.3) is 0 Å². The maximum Gasteiger partial charge on any atom is 0.326 e. The zero-order chi connectivity index (χ0) is 18.5. The van der Waals surface area contributed by atoms with Crippen LogP contribution in [-0.4, -0.2) is 21.7 Å². The summed E-state index contributed by atoms with van der Waals surface area (Å²) in [5, 5.41) is 0. The predicted octanol–water partition coefficient (Wildman–Crippen LogP) is 4.89. The lowest BCUT2D eigenvalue weighted by Gasteiger charge is -2.35. The largest absolute Gasteiger partial charge is 0.326 e. The lowest BCUT2D eigenvalue weighted by molar-refractivity contribution is 0.375. The second-order valence-electron chi connectivity index (χ2n) is 6.02. The molecule has 0 saturated carbocycles. The maximum absolute atomic E-state index is 11.4. The molecule has 3 nitrogen and oxygen atoms in total. The summed E-state index contributed by atoms with van der Waals surface area (Å²) in [6, 6.07) is 30.4. The molecule has 0 amide bonds. The first-order valence-electron chi connectivity index (χ1n) is 8.37. The van der Waals surface area contributed by atoms with Crippen molar-refractivity contribution in [2.75, 3.05) is 11.9 Å². The third-order valence-electron chi connectivity index (χ3n) is 4.24. The molecular weight excluding hydrogens is 363 g/mol. The third-order valence-corrected chi connectivity index (χ3v) is 6.90. The molecule has 0 radical (unpaired) electrons. The molecule has 0 aliphatic heterocycles. The summed E-state index contributed by atoms with van der Waals surface area (Å²) in [7, 11) is -4.05. The molecule has 0 fully saturated rings. The van der Waals surface area contributed by atoms with Crippen LogP contribution in [-0.2, 0) is 9.31 Å². The molecule has 0 aliphatic rings. The Bertz CT molecular complexity index is 767. The van der Waals surface area contributed by atoms with Crippen molar-refractivity contribution >= 4 is 19.4 Å². The minimum Gasteiger partial charge on any atom is -0.324 e. The highest BCUT2D eigenvalue weighted by molar-refractivity contribution is 8.00. The molecule has 0 aliphatic carbocycles. The fourth-order valence-corrected chi connectivity index (χ4v) is 5.62. The van der Waals surface area contributed by atoms with Gasteiger partial charge >= 0.3 is 7.60 Å². The van der Waals surface area contributed by atoms with Crippen molar-refractivity contribution in [1.29, 1.82) is 0 Å². The maximum atomic E-state index is 11.4. The van der Waals surface area contributed by atoms with Crippen LogP contribution in [0.3, 0.4) is 0 Å². The molecule has 2 N–H and O–H groups in total. The zero-order valence-electron chi connectivity index (χ0n) is 14.2. The van der Waals surface area contributed by atoms with Gasteiger partial charge in [-0.15, -0.1) is 11.8 Å². The van der Waals surface area contributed by atoms with Crippen LogP contribution in [0.1, 0.15) is 16.7 Å². The Balaban J connectivity index is 2.16. The second kappa shape index (κ2) is 8.24. The van der Waals surface area contributed by atoms with Crippen molar-refractivity contribution in [3.05, 3.63) is 108 Å². The van der Waals surface area contributed by atoms with Crippen LogP contribution in [0.15, 0.2) is 91.0 Å². The van der Waals surface area contributed by atoms with Crippen LogP contribution in [0.25, 0.3) is 0 Å². The van der Waals surface area contributed by atoms with E-state index in [9.17, 15) is 14.4 Å². The van der Waals surface area contributed by atoms with Crippen LogP contribution < -0.4 is 0 Å². The van der Waals surface area contributed by atoms with Gasteiger partial charge in [0.2, 0.25) is 0 Å². The van der Waals surface area contributed by atoms with Crippen LogP contribution in [0.2, 0.25) is 0 Å². The van der Waals surface area contributed by atoms with Gasteiger partial charge in [0.05, 0.1) is 10.9 Å². The van der Waals surface area contributed by atoms with E-state index in [1.165, 1.54) is 0 Å². The van der Waals surface area contributed by atoms with E-state index in [1.807, 2.05) is 54.6 Å². The lowest BCUT2D eigenvalue weighted by atomic mass is 9.84. The van der Waals surface area contributed by atoms with Crippen molar-refractivity contribution < 1.29 is 14.4 Å². The summed E-state index contributed by atoms with van der Waals surface area (Å²) in [4.78, 5) is 18.6. The van der Waals surface area contributed by atoms with E-state index in [2.05, 4.69) is 36.4 Å². The fraction of sp³-hybridized carbons (Fsp3) is 0.143. The quantitative estimate of drug-likeness (QED) is 0.450. The summed E-state index contributed by atoms with van der Waals surface area (Å²) in [6.45, 7) is 0. The predicted molar refractivity (Wildman–Crippen MR) is 109 cm³/mol. The highest BCUT2D eigenvalue weighted by atomic mass is 32.2. The molecule has 26 heavy (non-hydrogen) atoms. The molecule has 134 valence electrons. The number of benzene rings is 3. The number of hydrogen-bond donors (Lipinski definition) is 2. The van der Waals surface area contributed by atoms with Crippen molar-refractivity contribution in [2.45, 2.75) is 4.75 Å². The normalized spacial score (nSPS) is 12.1. The van der Waals surface area contributed by atoms with Gasteiger partial charge in [0.1, 0.15) is 0 Å². The Kier molecular flexibility index (Phi) is 6.00. The van der Waals surface area contributed by atoms with E-state index >= 15 is 0 Å². The molecule has 0 spiro atoms. The Morgan fingerprint density at radius 1 is 0.692 bits per heavy atom. The molecule has 0 heterocycles. The van der Waals surface area contributed by atoms with Gasteiger partial charge in [-0.25, -0.2) is 0 Å². The summed E-state index contributed by atoms with van der Waals surface area (Å²) in [5.74, 6) is 0.350. The third kappa shape index (κ3) is 4.28. The van der Waals surface area contributed by atoms with Crippen molar-refractivity contribution in [3.63, 3.8) is 0 Å². The Morgan fingerprint density at radius 2 is 1.04 bits per heavy atom. The average Bonchev–Trinajstić information content (AvgIpc) is 2.67. The van der Waals surface area contributed by atoms with Gasteiger partial charge in [0, 0.05) is 5.75 Å². The summed E-state index contributed by atoms with van der Waals surface area (Å²) in [6.07, 6.45) is -0.147. The second-order valence-corrected chi connectivity index (χ2v) is 9.10. The van der Waals surface area contributed by atoms with E-state index in [0.717, 1.165) is 16.7 Å². The van der Waals surface area contributed by atoms with Crippen molar-refractivity contribution in [2.24, 2.45) is 0 Å². The number of hydrogen-bond acceptors (Lipinski definition) is 2. The van der Waals surface area contributed by atoms with Crippen LogP contribution in [0.4, 0.5) is 0 Å². The molecule has 3 rings (SSSR count). The topological polar surface area (TPSA) is 57.5 Å². The average molecular weight is 384 g/mol. The Morgan fingerprint density at radius 3 is 1.35 bits per heavy atom. The van der Waals surface area contributed by atoms with Gasteiger partial charge in [-0.3, -0.25) is 4.57 Å². The first kappa shape index (κ1) is 18.9. The van der Waals surface area contributed by atoms with Crippen LogP contribution in [0.5, 0.6) is 0 Å². The van der Waals surface area contributed by atoms with Gasteiger partial charge in [-0.1, -0.05) is 91.0 Å². The van der Waals surface area contributed by atoms with E-state index < -0.39 is 12.3 Å². The van der Waals surface area contributed by atoms with Gasteiger partial charge in [-0.05, 0) is 16.7 Å². The van der Waals surface area contributed by atoms with Gasteiger partial charge < -0.3 is 9.79 Å².